The minimum atomic E-state index is -0.512. The molecule has 0 aliphatic heterocycles. The molecule has 0 radical (unpaired) electrons. The van der Waals surface area contributed by atoms with Gasteiger partial charge in [0.25, 0.3) is 0 Å². The quantitative estimate of drug-likeness (QED) is 0.261. The van der Waals surface area contributed by atoms with E-state index in [1.807, 2.05) is 64.1 Å². The third kappa shape index (κ3) is 5.32. The smallest absolute Gasteiger partial charge is 0.335 e. The van der Waals surface area contributed by atoms with Crippen LogP contribution in [0.4, 0.5) is 5.69 Å². The van der Waals surface area contributed by atoms with Crippen molar-refractivity contribution in [1.29, 1.82) is 0 Å². The Labute approximate surface area is 167 Å². The van der Waals surface area contributed by atoms with E-state index in [1.165, 1.54) is 0 Å². The number of hydrogen-bond acceptors (Lipinski definition) is 4. The molecule has 0 saturated carbocycles. The maximum Gasteiger partial charge on any atom is 0.335 e. The highest BCUT2D eigenvalue weighted by Crippen LogP contribution is 2.22. The third-order valence-electron chi connectivity index (χ3n) is 4.83. The van der Waals surface area contributed by atoms with Gasteiger partial charge >= 0.3 is 5.97 Å². The van der Waals surface area contributed by atoms with Crippen LogP contribution in [0.5, 0.6) is 0 Å². The summed E-state index contributed by atoms with van der Waals surface area (Å²) in [7, 11) is 0. The lowest BCUT2D eigenvalue weighted by Crippen LogP contribution is -2.27. The maximum absolute atomic E-state index is 12.9. The number of esters is 1. The van der Waals surface area contributed by atoms with Crippen molar-refractivity contribution in [3.8, 4) is 0 Å². The van der Waals surface area contributed by atoms with Gasteiger partial charge in [0.2, 0.25) is 0 Å². The molecule has 0 spiro atoms. The molecule has 0 fully saturated rings. The molecule has 0 aliphatic rings. The molecule has 2 aromatic carbocycles. The number of hydrogen-bond donors (Lipinski definition) is 1. The highest BCUT2D eigenvalue weighted by molar-refractivity contribution is 6.12. The average Bonchev–Trinajstić information content (AvgIpc) is 2.74. The summed E-state index contributed by atoms with van der Waals surface area (Å²) in [6.07, 6.45) is 1.73. The SMILES string of the molecule is CCC(CC)=C(C)C(=O)OC(CC)Nc1ccccc1C(=O)c1ccccc1. The molecule has 0 saturated heterocycles. The van der Waals surface area contributed by atoms with Crippen LogP contribution in [0.3, 0.4) is 0 Å². The second-order valence-corrected chi connectivity index (χ2v) is 6.62. The Hall–Kier alpha value is -2.88. The zero-order valence-electron chi connectivity index (χ0n) is 17.1. The number of para-hydroxylation sites is 1. The Kier molecular flexibility index (Phi) is 8.00. The molecular formula is C24H29NO3. The predicted molar refractivity (Wildman–Crippen MR) is 113 cm³/mol. The van der Waals surface area contributed by atoms with Crippen molar-refractivity contribution in [3.05, 3.63) is 76.9 Å². The lowest BCUT2D eigenvalue weighted by molar-refractivity contribution is -0.143. The summed E-state index contributed by atoms with van der Waals surface area (Å²) in [6.45, 7) is 7.82. The minimum absolute atomic E-state index is 0.0693. The summed E-state index contributed by atoms with van der Waals surface area (Å²) < 4.78 is 5.67. The number of rotatable bonds is 9. The van der Waals surface area contributed by atoms with Gasteiger partial charge < -0.3 is 10.1 Å². The minimum Gasteiger partial charge on any atom is -0.438 e. The number of ether oxygens (including phenoxy) is 1. The largest absolute Gasteiger partial charge is 0.438 e. The number of carbonyl (C=O) groups excluding carboxylic acids is 2. The van der Waals surface area contributed by atoms with Crippen LogP contribution >= 0.6 is 0 Å². The number of ketones is 1. The van der Waals surface area contributed by atoms with Crippen molar-refractivity contribution in [1.82, 2.24) is 0 Å². The van der Waals surface area contributed by atoms with Gasteiger partial charge in [-0.15, -0.1) is 0 Å². The lowest BCUT2D eigenvalue weighted by Gasteiger charge is -2.21. The molecule has 148 valence electrons. The summed E-state index contributed by atoms with van der Waals surface area (Å²) in [5.74, 6) is -0.384. The van der Waals surface area contributed by atoms with E-state index in [1.54, 1.807) is 18.2 Å². The summed E-state index contributed by atoms with van der Waals surface area (Å²) in [5.41, 5.74) is 3.59. The van der Waals surface area contributed by atoms with E-state index in [-0.39, 0.29) is 11.8 Å². The van der Waals surface area contributed by atoms with Crippen molar-refractivity contribution in [2.45, 2.75) is 53.2 Å². The summed E-state index contributed by atoms with van der Waals surface area (Å²) in [5, 5.41) is 3.22. The van der Waals surface area contributed by atoms with Crippen LogP contribution < -0.4 is 5.32 Å². The fraction of sp³-hybridized carbons (Fsp3) is 0.333. The van der Waals surface area contributed by atoms with Crippen LogP contribution in [0, 0.1) is 0 Å². The first-order chi connectivity index (χ1) is 13.5. The van der Waals surface area contributed by atoms with Crippen LogP contribution in [0.2, 0.25) is 0 Å². The molecule has 2 rings (SSSR count). The summed E-state index contributed by atoms with van der Waals surface area (Å²) >= 11 is 0. The number of nitrogens with one attached hydrogen (secondary N) is 1. The fourth-order valence-corrected chi connectivity index (χ4v) is 3.08. The molecule has 0 bridgehead atoms. The van der Waals surface area contributed by atoms with Gasteiger partial charge in [0.15, 0.2) is 12.0 Å². The second-order valence-electron chi connectivity index (χ2n) is 6.62. The van der Waals surface area contributed by atoms with E-state index >= 15 is 0 Å². The van der Waals surface area contributed by atoms with E-state index in [0.29, 0.717) is 28.8 Å². The van der Waals surface area contributed by atoms with Gasteiger partial charge in [0, 0.05) is 28.8 Å². The molecule has 0 heterocycles. The van der Waals surface area contributed by atoms with Crippen LogP contribution in [0.25, 0.3) is 0 Å². The van der Waals surface area contributed by atoms with Crippen LogP contribution in [0.1, 0.15) is 62.9 Å². The lowest BCUT2D eigenvalue weighted by atomic mass is 10.0. The highest BCUT2D eigenvalue weighted by Gasteiger charge is 2.19. The zero-order chi connectivity index (χ0) is 20.5. The van der Waals surface area contributed by atoms with Crippen molar-refractivity contribution in [2.75, 3.05) is 5.32 Å². The molecule has 4 heteroatoms. The molecule has 4 nitrogen and oxygen atoms in total. The fourth-order valence-electron chi connectivity index (χ4n) is 3.08. The van der Waals surface area contributed by atoms with E-state index in [9.17, 15) is 9.59 Å². The van der Waals surface area contributed by atoms with E-state index in [0.717, 1.165) is 18.4 Å². The monoisotopic (exact) mass is 379 g/mol. The third-order valence-corrected chi connectivity index (χ3v) is 4.83. The van der Waals surface area contributed by atoms with E-state index in [2.05, 4.69) is 5.32 Å². The summed E-state index contributed by atoms with van der Waals surface area (Å²) in [4.78, 5) is 25.4. The molecule has 28 heavy (non-hydrogen) atoms. The second kappa shape index (κ2) is 10.5. The van der Waals surface area contributed by atoms with Gasteiger partial charge in [0.1, 0.15) is 0 Å². The number of anilines is 1. The Morgan fingerprint density at radius 2 is 1.54 bits per heavy atom. The Morgan fingerprint density at radius 3 is 2.14 bits per heavy atom. The standard InChI is InChI=1S/C24H29NO3/c1-5-18(6-2)17(4)24(27)28-22(7-3)25-21-16-12-11-15-20(21)23(26)19-13-9-8-10-14-19/h8-16,22,25H,5-7H2,1-4H3. The Morgan fingerprint density at radius 1 is 0.929 bits per heavy atom. The first-order valence-corrected chi connectivity index (χ1v) is 9.86. The van der Waals surface area contributed by atoms with E-state index in [4.69, 9.17) is 4.74 Å². The number of benzene rings is 2. The predicted octanol–water partition coefficient (Wildman–Crippen LogP) is 5.75. The molecule has 0 amide bonds. The average molecular weight is 380 g/mol. The zero-order valence-corrected chi connectivity index (χ0v) is 17.1. The molecule has 1 unspecified atom stereocenters. The molecular weight excluding hydrogens is 350 g/mol. The number of carbonyl (C=O) groups is 2. The van der Waals surface area contributed by atoms with Gasteiger partial charge in [-0.1, -0.05) is 68.8 Å². The first kappa shape index (κ1) is 21.4. The highest BCUT2D eigenvalue weighted by atomic mass is 16.6. The van der Waals surface area contributed by atoms with Crippen molar-refractivity contribution in [3.63, 3.8) is 0 Å². The van der Waals surface area contributed by atoms with Crippen LogP contribution in [-0.4, -0.2) is 18.0 Å². The molecule has 2 aromatic rings. The normalized spacial score (nSPS) is 11.4. The van der Waals surface area contributed by atoms with Gasteiger partial charge in [-0.25, -0.2) is 4.79 Å². The van der Waals surface area contributed by atoms with Gasteiger partial charge in [0.05, 0.1) is 0 Å². The van der Waals surface area contributed by atoms with Crippen LogP contribution in [-0.2, 0) is 9.53 Å². The topological polar surface area (TPSA) is 55.4 Å². The van der Waals surface area contributed by atoms with Gasteiger partial charge in [-0.2, -0.15) is 0 Å². The molecule has 1 N–H and O–H groups in total. The Bertz CT molecular complexity index is 834. The van der Waals surface area contributed by atoms with Crippen molar-refractivity contribution in [2.24, 2.45) is 0 Å². The number of allylic oxidation sites excluding steroid dienone is 1. The van der Waals surface area contributed by atoms with Crippen molar-refractivity contribution >= 4 is 17.4 Å². The molecule has 1 atom stereocenters. The van der Waals surface area contributed by atoms with Gasteiger partial charge in [-0.05, 0) is 31.9 Å². The van der Waals surface area contributed by atoms with E-state index < -0.39 is 6.23 Å². The maximum atomic E-state index is 12.9. The van der Waals surface area contributed by atoms with Crippen molar-refractivity contribution < 1.29 is 14.3 Å². The summed E-state index contributed by atoms with van der Waals surface area (Å²) in [6, 6.07) is 16.4. The first-order valence-electron chi connectivity index (χ1n) is 9.86. The van der Waals surface area contributed by atoms with Gasteiger partial charge in [-0.3, -0.25) is 4.79 Å². The molecule has 0 aliphatic carbocycles. The van der Waals surface area contributed by atoms with Crippen LogP contribution in [0.15, 0.2) is 65.7 Å². The molecule has 0 aromatic heterocycles. The Balaban J connectivity index is 2.21.